The molecule has 0 N–H and O–H groups in total. The second-order valence-electron chi connectivity index (χ2n) is 10.2. The summed E-state index contributed by atoms with van der Waals surface area (Å²) >= 11 is 1.95. The molecule has 0 aliphatic heterocycles. The quantitative estimate of drug-likeness (QED) is 0.188. The third kappa shape index (κ3) is 13.1. The van der Waals surface area contributed by atoms with Gasteiger partial charge < -0.3 is 18.9 Å². The molecule has 0 saturated carbocycles. The Bertz CT molecular complexity index is 846. The summed E-state index contributed by atoms with van der Waals surface area (Å²) < 4.78 is 20.7. The van der Waals surface area contributed by atoms with E-state index in [9.17, 15) is 9.59 Å². The van der Waals surface area contributed by atoms with Gasteiger partial charge in [0.2, 0.25) is 0 Å². The Hall–Kier alpha value is -2.67. The number of benzene rings is 2. The minimum atomic E-state index is -0.688. The van der Waals surface area contributed by atoms with E-state index in [1.54, 1.807) is 65.8 Å². The van der Waals surface area contributed by atoms with Crippen LogP contribution in [0.2, 0.25) is 0 Å². The van der Waals surface area contributed by atoms with Crippen LogP contribution >= 0.6 is 11.8 Å². The van der Waals surface area contributed by atoms with E-state index in [2.05, 4.69) is 0 Å². The van der Waals surface area contributed by atoms with Gasteiger partial charge in [-0.15, -0.1) is 0 Å². The lowest BCUT2D eigenvalue weighted by molar-refractivity contribution is 0.0193. The van der Waals surface area contributed by atoms with Crippen molar-refractivity contribution in [1.29, 1.82) is 0 Å². The molecule has 2 aromatic rings. The summed E-state index contributed by atoms with van der Waals surface area (Å²) in [6.07, 6.45) is 2.78. The second kappa shape index (κ2) is 13.4. The highest BCUT2D eigenvalue weighted by Crippen LogP contribution is 2.19. The maximum absolute atomic E-state index is 11.7. The van der Waals surface area contributed by atoms with E-state index in [1.165, 1.54) is 11.1 Å². The van der Waals surface area contributed by atoms with Crippen LogP contribution in [-0.2, 0) is 22.3 Å². The summed E-state index contributed by atoms with van der Waals surface area (Å²) in [6, 6.07) is 15.2. The molecular formula is C28H38O6S. The van der Waals surface area contributed by atoms with Gasteiger partial charge in [0.1, 0.15) is 22.7 Å². The summed E-state index contributed by atoms with van der Waals surface area (Å²) in [5, 5.41) is 0. The molecule has 0 bridgehead atoms. The topological polar surface area (TPSA) is 71.1 Å². The number of ether oxygens (including phenoxy) is 4. The Morgan fingerprint density at radius 3 is 1.29 bits per heavy atom. The van der Waals surface area contributed by atoms with Crippen molar-refractivity contribution >= 4 is 24.1 Å². The van der Waals surface area contributed by atoms with Gasteiger partial charge in [0.05, 0.1) is 0 Å². The molecule has 0 unspecified atom stereocenters. The van der Waals surface area contributed by atoms with Crippen molar-refractivity contribution in [2.75, 3.05) is 11.5 Å². The SMILES string of the molecule is CC(C)(C)OC(=O)Oc1ccc(CCCSCCCc2ccc(OC(=O)OC(C)(C)C)cc2)cc1. The van der Waals surface area contributed by atoms with E-state index in [1.807, 2.05) is 36.0 Å². The highest BCUT2D eigenvalue weighted by molar-refractivity contribution is 7.99. The van der Waals surface area contributed by atoms with Crippen LogP contribution in [0.5, 0.6) is 11.5 Å². The number of carbonyl (C=O) groups excluding carboxylic acids is 2. The van der Waals surface area contributed by atoms with Crippen molar-refractivity contribution in [3.63, 3.8) is 0 Å². The van der Waals surface area contributed by atoms with E-state index in [4.69, 9.17) is 18.9 Å². The van der Waals surface area contributed by atoms with Gasteiger partial charge in [0, 0.05) is 0 Å². The first-order chi connectivity index (χ1) is 16.4. The Morgan fingerprint density at radius 1 is 0.629 bits per heavy atom. The summed E-state index contributed by atoms with van der Waals surface area (Å²) in [7, 11) is 0. The molecule has 0 aliphatic carbocycles. The number of hydrogen-bond donors (Lipinski definition) is 0. The van der Waals surface area contributed by atoms with Crippen LogP contribution in [0.1, 0.15) is 65.5 Å². The zero-order valence-corrected chi connectivity index (χ0v) is 22.5. The summed E-state index contributed by atoms with van der Waals surface area (Å²) in [6.45, 7) is 10.8. The van der Waals surface area contributed by atoms with Crippen molar-refractivity contribution < 1.29 is 28.5 Å². The average Bonchev–Trinajstić information content (AvgIpc) is 2.72. The van der Waals surface area contributed by atoms with E-state index in [0.29, 0.717) is 11.5 Å². The summed E-state index contributed by atoms with van der Waals surface area (Å²) in [5.41, 5.74) is 1.29. The van der Waals surface area contributed by atoms with Gasteiger partial charge in [0.15, 0.2) is 0 Å². The largest absolute Gasteiger partial charge is 0.514 e. The monoisotopic (exact) mass is 502 g/mol. The van der Waals surface area contributed by atoms with E-state index < -0.39 is 23.5 Å². The number of thioether (sulfide) groups is 1. The summed E-state index contributed by atoms with van der Waals surface area (Å²) in [5.74, 6) is 3.17. The van der Waals surface area contributed by atoms with Crippen molar-refractivity contribution in [1.82, 2.24) is 0 Å². The number of hydrogen-bond acceptors (Lipinski definition) is 7. The Balaban J connectivity index is 1.58. The van der Waals surface area contributed by atoms with Crippen LogP contribution in [0, 0.1) is 0 Å². The fourth-order valence-electron chi connectivity index (χ4n) is 3.04. The fraction of sp³-hybridized carbons (Fsp3) is 0.500. The van der Waals surface area contributed by atoms with Crippen LogP contribution in [0.25, 0.3) is 0 Å². The number of rotatable bonds is 10. The first-order valence-electron chi connectivity index (χ1n) is 12.0. The molecule has 192 valence electrons. The molecule has 2 aromatic carbocycles. The Morgan fingerprint density at radius 2 is 0.971 bits per heavy atom. The van der Waals surface area contributed by atoms with Crippen molar-refractivity contribution in [2.45, 2.75) is 78.4 Å². The molecule has 7 heteroatoms. The van der Waals surface area contributed by atoms with Gasteiger partial charge in [-0.25, -0.2) is 9.59 Å². The zero-order valence-electron chi connectivity index (χ0n) is 21.7. The van der Waals surface area contributed by atoms with Gasteiger partial charge in [-0.2, -0.15) is 11.8 Å². The molecule has 0 radical (unpaired) electrons. The average molecular weight is 503 g/mol. The molecule has 35 heavy (non-hydrogen) atoms. The molecule has 0 spiro atoms. The third-order valence-electron chi connectivity index (χ3n) is 4.54. The molecule has 2 rings (SSSR count). The number of aryl methyl sites for hydroxylation is 2. The Kier molecular flexibility index (Phi) is 11.0. The van der Waals surface area contributed by atoms with Crippen LogP contribution in [0.4, 0.5) is 9.59 Å². The normalized spacial score (nSPS) is 11.6. The highest BCUT2D eigenvalue weighted by Gasteiger charge is 2.18. The van der Waals surface area contributed by atoms with Crippen molar-refractivity contribution in [3.8, 4) is 11.5 Å². The predicted octanol–water partition coefficient (Wildman–Crippen LogP) is 7.61. The van der Waals surface area contributed by atoms with Crippen molar-refractivity contribution in [3.05, 3.63) is 59.7 Å². The zero-order chi connectivity index (χ0) is 25.9. The molecule has 0 saturated heterocycles. The maximum Gasteiger partial charge on any atom is 0.514 e. The molecule has 0 heterocycles. The summed E-state index contributed by atoms with van der Waals surface area (Å²) in [4.78, 5) is 23.5. The lowest BCUT2D eigenvalue weighted by Gasteiger charge is -2.18. The Labute approximate surface area is 213 Å². The number of carbonyl (C=O) groups is 2. The maximum atomic E-state index is 11.7. The standard InChI is InChI=1S/C28H38O6S/c1-27(2,3)33-25(29)31-23-15-11-21(12-16-23)9-7-19-35-20-8-10-22-13-17-24(18-14-22)32-26(30)34-28(4,5)6/h11-18H,7-10,19-20H2,1-6H3. The molecule has 0 atom stereocenters. The van der Waals surface area contributed by atoms with Gasteiger partial charge >= 0.3 is 12.3 Å². The van der Waals surface area contributed by atoms with E-state index in [0.717, 1.165) is 37.2 Å². The van der Waals surface area contributed by atoms with Crippen LogP contribution in [-0.4, -0.2) is 35.0 Å². The third-order valence-corrected chi connectivity index (χ3v) is 5.69. The highest BCUT2D eigenvalue weighted by atomic mass is 32.2. The van der Waals surface area contributed by atoms with Crippen molar-refractivity contribution in [2.24, 2.45) is 0 Å². The molecular weight excluding hydrogens is 464 g/mol. The predicted molar refractivity (Wildman–Crippen MR) is 141 cm³/mol. The van der Waals surface area contributed by atoms with Gasteiger partial charge in [0.25, 0.3) is 0 Å². The fourth-order valence-corrected chi connectivity index (χ4v) is 3.94. The van der Waals surface area contributed by atoms with Crippen LogP contribution < -0.4 is 9.47 Å². The van der Waals surface area contributed by atoms with E-state index >= 15 is 0 Å². The lowest BCUT2D eigenvalue weighted by Crippen LogP contribution is -2.25. The van der Waals surface area contributed by atoms with Crippen LogP contribution in [0.3, 0.4) is 0 Å². The molecule has 6 nitrogen and oxygen atoms in total. The molecule has 0 aliphatic rings. The van der Waals surface area contributed by atoms with Gasteiger partial charge in [-0.05, 0) is 114 Å². The van der Waals surface area contributed by atoms with E-state index in [-0.39, 0.29) is 0 Å². The smallest absolute Gasteiger partial charge is 0.428 e. The van der Waals surface area contributed by atoms with Crippen LogP contribution in [0.15, 0.2) is 48.5 Å². The van der Waals surface area contributed by atoms with Gasteiger partial charge in [-0.1, -0.05) is 24.3 Å². The minimum absolute atomic E-state index is 0.488. The van der Waals surface area contributed by atoms with Gasteiger partial charge in [-0.3, -0.25) is 0 Å². The minimum Gasteiger partial charge on any atom is -0.428 e. The molecule has 0 aromatic heterocycles. The second-order valence-corrected chi connectivity index (χ2v) is 11.5. The first kappa shape index (κ1) is 28.6. The lowest BCUT2D eigenvalue weighted by atomic mass is 10.1. The molecule has 0 amide bonds. The first-order valence-corrected chi connectivity index (χ1v) is 13.1. The molecule has 0 fully saturated rings.